The van der Waals surface area contributed by atoms with Gasteiger partial charge in [-0.1, -0.05) is 19.1 Å². The molecule has 1 atom stereocenters. The monoisotopic (exact) mass is 413 g/mol. The number of ether oxygens (including phenoxy) is 2. The highest BCUT2D eigenvalue weighted by Gasteiger charge is 2.34. The number of fused-ring (bicyclic) bond motifs is 1. The maximum Gasteiger partial charge on any atom is 0.311 e. The fraction of sp³-hybridized carbons (Fsp3) is 0.333. The smallest absolute Gasteiger partial charge is 0.311 e. The van der Waals surface area contributed by atoms with E-state index in [0.717, 1.165) is 6.42 Å². The average molecular weight is 413 g/mol. The van der Waals surface area contributed by atoms with Gasteiger partial charge in [0, 0.05) is 18.2 Å². The summed E-state index contributed by atoms with van der Waals surface area (Å²) in [5.41, 5.74) is 0.328. The summed E-state index contributed by atoms with van der Waals surface area (Å²) < 4.78 is 11.1. The Hall–Kier alpha value is -3.62. The molecule has 2 aromatic rings. The van der Waals surface area contributed by atoms with E-state index in [-0.39, 0.29) is 36.1 Å². The number of hydrogen-bond donors (Lipinski definition) is 1. The fourth-order valence-electron chi connectivity index (χ4n) is 3.15. The van der Waals surface area contributed by atoms with Crippen molar-refractivity contribution in [2.75, 3.05) is 24.6 Å². The van der Waals surface area contributed by atoms with Gasteiger partial charge in [0.15, 0.2) is 11.9 Å². The predicted octanol–water partition coefficient (Wildman–Crippen LogP) is 2.93. The number of hydrogen-bond acceptors (Lipinski definition) is 6. The molecule has 1 aliphatic heterocycles. The van der Waals surface area contributed by atoms with Crippen LogP contribution in [0, 0.1) is 10.1 Å². The van der Waals surface area contributed by atoms with Gasteiger partial charge < -0.3 is 19.7 Å². The number of amides is 2. The quantitative estimate of drug-likeness (QED) is 0.552. The predicted molar refractivity (Wildman–Crippen MR) is 110 cm³/mol. The van der Waals surface area contributed by atoms with Gasteiger partial charge in [-0.25, -0.2) is 0 Å². The Morgan fingerprint density at radius 3 is 2.73 bits per heavy atom. The molecule has 1 N–H and O–H groups in total. The molecule has 0 spiro atoms. The maximum atomic E-state index is 13.3. The zero-order valence-electron chi connectivity index (χ0n) is 16.8. The molecule has 0 bridgehead atoms. The van der Waals surface area contributed by atoms with Crippen LogP contribution >= 0.6 is 0 Å². The second-order valence-corrected chi connectivity index (χ2v) is 6.65. The van der Waals surface area contributed by atoms with Gasteiger partial charge in [0.05, 0.1) is 23.8 Å². The molecule has 2 amide bonds. The summed E-state index contributed by atoms with van der Waals surface area (Å²) in [6.45, 7) is 4.41. The minimum atomic E-state index is -0.881. The van der Waals surface area contributed by atoms with Crippen LogP contribution in [0.3, 0.4) is 0 Å². The first-order chi connectivity index (χ1) is 14.5. The number of nitro groups is 1. The van der Waals surface area contributed by atoms with Gasteiger partial charge in [0.2, 0.25) is 0 Å². The van der Waals surface area contributed by atoms with Crippen molar-refractivity contribution in [2.45, 2.75) is 26.4 Å². The first-order valence-electron chi connectivity index (χ1n) is 9.72. The number of nitrogens with zero attached hydrogens (tertiary/aromatic N) is 2. The van der Waals surface area contributed by atoms with E-state index >= 15 is 0 Å². The average Bonchev–Trinajstić information content (AvgIpc) is 2.76. The number of benzene rings is 2. The molecule has 30 heavy (non-hydrogen) atoms. The molecule has 0 fully saturated rings. The van der Waals surface area contributed by atoms with Crippen LogP contribution in [0.1, 0.15) is 30.6 Å². The number of carbonyl (C=O) groups excluding carboxylic acids is 2. The molecule has 1 aliphatic rings. The normalized spacial score (nSPS) is 15.0. The van der Waals surface area contributed by atoms with Crippen molar-refractivity contribution >= 4 is 23.2 Å². The Bertz CT molecular complexity index is 962. The summed E-state index contributed by atoms with van der Waals surface area (Å²) in [6.07, 6.45) is -0.110. The molecular weight excluding hydrogens is 390 g/mol. The molecule has 0 unspecified atom stereocenters. The third kappa shape index (κ3) is 4.35. The van der Waals surface area contributed by atoms with Crippen molar-refractivity contribution in [3.8, 4) is 11.5 Å². The molecular formula is C21H23N3O6. The van der Waals surface area contributed by atoms with Crippen molar-refractivity contribution in [3.63, 3.8) is 0 Å². The topological polar surface area (TPSA) is 111 Å². The van der Waals surface area contributed by atoms with Crippen LogP contribution in [-0.2, 0) is 4.79 Å². The number of rotatable bonds is 7. The largest absolute Gasteiger partial charge is 0.487 e. The summed E-state index contributed by atoms with van der Waals surface area (Å²) in [7, 11) is 0. The van der Waals surface area contributed by atoms with E-state index in [4.69, 9.17) is 9.47 Å². The highest BCUT2D eigenvalue weighted by atomic mass is 16.6. The molecule has 158 valence electrons. The number of para-hydroxylation sites is 2. The van der Waals surface area contributed by atoms with Crippen LogP contribution in [0.15, 0.2) is 42.5 Å². The van der Waals surface area contributed by atoms with Gasteiger partial charge in [-0.15, -0.1) is 0 Å². The third-order valence-corrected chi connectivity index (χ3v) is 4.56. The molecule has 0 aliphatic carbocycles. The Balaban J connectivity index is 1.94. The molecule has 3 rings (SSSR count). The third-order valence-electron chi connectivity index (χ3n) is 4.56. The minimum absolute atomic E-state index is 0.00754. The second kappa shape index (κ2) is 9.25. The maximum absolute atomic E-state index is 13.3. The van der Waals surface area contributed by atoms with Gasteiger partial charge >= 0.3 is 5.69 Å². The first kappa shape index (κ1) is 21.1. The molecule has 0 radical (unpaired) electrons. The van der Waals surface area contributed by atoms with E-state index in [2.05, 4.69) is 5.32 Å². The molecule has 0 saturated heterocycles. The molecule has 2 aromatic carbocycles. The molecule has 0 aromatic heterocycles. The van der Waals surface area contributed by atoms with Crippen molar-refractivity contribution in [3.05, 3.63) is 58.1 Å². The van der Waals surface area contributed by atoms with Crippen molar-refractivity contribution < 1.29 is 24.0 Å². The standard InChI is InChI=1S/C21H23N3O6/c1-3-11-22-20(25)19-13-23(15-7-5-6-8-18(15)30-19)21(26)14-9-10-17(29-4-2)16(12-14)24(27)28/h5-10,12,19H,3-4,11,13H2,1-2H3,(H,22,25)/t19-/m1/s1. The lowest BCUT2D eigenvalue weighted by Gasteiger charge is -2.34. The zero-order valence-corrected chi connectivity index (χ0v) is 16.8. The summed E-state index contributed by atoms with van der Waals surface area (Å²) in [5, 5.41) is 14.2. The van der Waals surface area contributed by atoms with Crippen LogP contribution in [0.4, 0.5) is 11.4 Å². The van der Waals surface area contributed by atoms with Gasteiger partial charge in [-0.05, 0) is 37.6 Å². The van der Waals surface area contributed by atoms with Crippen LogP contribution in [-0.4, -0.2) is 42.5 Å². The Morgan fingerprint density at radius 2 is 2.03 bits per heavy atom. The fourth-order valence-corrected chi connectivity index (χ4v) is 3.15. The molecule has 9 heteroatoms. The van der Waals surface area contributed by atoms with E-state index in [1.165, 1.54) is 23.1 Å². The van der Waals surface area contributed by atoms with Crippen LogP contribution < -0.4 is 19.7 Å². The Kier molecular flexibility index (Phi) is 6.51. The highest BCUT2D eigenvalue weighted by Crippen LogP contribution is 2.35. The van der Waals surface area contributed by atoms with Gasteiger partial charge in [0.1, 0.15) is 5.75 Å². The minimum Gasteiger partial charge on any atom is -0.487 e. The summed E-state index contributed by atoms with van der Waals surface area (Å²) >= 11 is 0. The van der Waals surface area contributed by atoms with E-state index in [9.17, 15) is 19.7 Å². The number of carbonyl (C=O) groups is 2. The summed E-state index contributed by atoms with van der Waals surface area (Å²) in [4.78, 5) is 38.0. The first-order valence-corrected chi connectivity index (χ1v) is 9.72. The lowest BCUT2D eigenvalue weighted by atomic mass is 10.1. The van der Waals surface area contributed by atoms with Gasteiger partial charge in [0.25, 0.3) is 11.8 Å². The van der Waals surface area contributed by atoms with E-state index in [0.29, 0.717) is 18.0 Å². The Morgan fingerprint density at radius 1 is 1.27 bits per heavy atom. The number of nitro benzene ring substituents is 1. The van der Waals surface area contributed by atoms with Crippen molar-refractivity contribution in [1.82, 2.24) is 5.32 Å². The summed E-state index contributed by atoms with van der Waals surface area (Å²) in [6, 6.07) is 11.0. The van der Waals surface area contributed by atoms with Crippen LogP contribution in [0.5, 0.6) is 11.5 Å². The lowest BCUT2D eigenvalue weighted by molar-refractivity contribution is -0.385. The lowest BCUT2D eigenvalue weighted by Crippen LogP contribution is -2.50. The van der Waals surface area contributed by atoms with E-state index in [1.807, 2.05) is 6.92 Å². The number of anilines is 1. The second-order valence-electron chi connectivity index (χ2n) is 6.65. The number of nitrogens with one attached hydrogen (secondary N) is 1. The van der Waals surface area contributed by atoms with Crippen LogP contribution in [0.25, 0.3) is 0 Å². The van der Waals surface area contributed by atoms with Crippen molar-refractivity contribution in [2.24, 2.45) is 0 Å². The van der Waals surface area contributed by atoms with Gasteiger partial charge in [-0.3, -0.25) is 19.7 Å². The van der Waals surface area contributed by atoms with Crippen molar-refractivity contribution in [1.29, 1.82) is 0 Å². The van der Waals surface area contributed by atoms with E-state index < -0.39 is 16.9 Å². The molecule has 9 nitrogen and oxygen atoms in total. The van der Waals surface area contributed by atoms with Crippen LogP contribution in [0.2, 0.25) is 0 Å². The zero-order chi connectivity index (χ0) is 21.7. The van der Waals surface area contributed by atoms with E-state index in [1.54, 1.807) is 31.2 Å². The molecule has 1 heterocycles. The molecule has 0 saturated carbocycles. The summed E-state index contributed by atoms with van der Waals surface area (Å²) in [5.74, 6) is -0.292. The van der Waals surface area contributed by atoms with Gasteiger partial charge in [-0.2, -0.15) is 0 Å². The Labute approximate surface area is 173 Å². The highest BCUT2D eigenvalue weighted by molar-refractivity contribution is 6.08. The SMILES string of the molecule is CCCNC(=O)[C@H]1CN(C(=O)c2ccc(OCC)c([N+](=O)[O-])c2)c2ccccc2O1.